The van der Waals surface area contributed by atoms with Crippen molar-refractivity contribution in [2.75, 3.05) is 0 Å². The van der Waals surface area contributed by atoms with Gasteiger partial charge in [-0.1, -0.05) is 18.1 Å². The maximum atomic E-state index is 12.1. The molecule has 82 valence electrons. The molecule has 0 spiro atoms. The van der Waals surface area contributed by atoms with E-state index in [1.807, 2.05) is 0 Å². The van der Waals surface area contributed by atoms with Crippen molar-refractivity contribution < 1.29 is 4.79 Å². The van der Waals surface area contributed by atoms with E-state index in [1.165, 1.54) is 38.5 Å². The third kappa shape index (κ3) is 1.56. The third-order valence-electron chi connectivity index (χ3n) is 4.70. The standard InChI is InChI=1S/C14H20O/c15-13-7-3-5-11-9-8-10-4-1-2-6-12(10)14(11)13/h8,11-12,14H,1-7,9H2. The highest BCUT2D eigenvalue weighted by atomic mass is 16.1. The van der Waals surface area contributed by atoms with E-state index < -0.39 is 0 Å². The van der Waals surface area contributed by atoms with E-state index in [4.69, 9.17) is 0 Å². The molecule has 3 atom stereocenters. The molecule has 1 heteroatoms. The second kappa shape index (κ2) is 3.77. The van der Waals surface area contributed by atoms with Crippen molar-refractivity contribution in [1.82, 2.24) is 0 Å². The Morgan fingerprint density at radius 1 is 1.07 bits per heavy atom. The van der Waals surface area contributed by atoms with Gasteiger partial charge in [-0.05, 0) is 50.4 Å². The molecule has 0 amide bonds. The molecule has 0 aromatic rings. The highest BCUT2D eigenvalue weighted by Crippen LogP contribution is 2.47. The number of carbonyl (C=O) groups excluding carboxylic acids is 1. The van der Waals surface area contributed by atoms with Crippen LogP contribution in [0.5, 0.6) is 0 Å². The fourth-order valence-electron chi connectivity index (χ4n) is 4.00. The van der Waals surface area contributed by atoms with E-state index in [0.717, 1.165) is 12.8 Å². The first-order valence-corrected chi connectivity index (χ1v) is 6.58. The highest BCUT2D eigenvalue weighted by Gasteiger charge is 2.41. The Bertz CT molecular complexity index is 302. The average molecular weight is 204 g/mol. The van der Waals surface area contributed by atoms with E-state index in [2.05, 4.69) is 6.08 Å². The fraction of sp³-hybridized carbons (Fsp3) is 0.786. The van der Waals surface area contributed by atoms with Gasteiger partial charge in [0.2, 0.25) is 0 Å². The smallest absolute Gasteiger partial charge is 0.136 e. The van der Waals surface area contributed by atoms with Gasteiger partial charge in [0, 0.05) is 12.3 Å². The van der Waals surface area contributed by atoms with Gasteiger partial charge in [0.25, 0.3) is 0 Å². The van der Waals surface area contributed by atoms with Gasteiger partial charge in [-0.25, -0.2) is 0 Å². The zero-order chi connectivity index (χ0) is 10.3. The summed E-state index contributed by atoms with van der Waals surface area (Å²) in [4.78, 5) is 12.1. The topological polar surface area (TPSA) is 17.1 Å². The van der Waals surface area contributed by atoms with Gasteiger partial charge in [-0.2, -0.15) is 0 Å². The van der Waals surface area contributed by atoms with Crippen LogP contribution in [0.1, 0.15) is 51.4 Å². The normalized spacial score (nSPS) is 40.4. The maximum absolute atomic E-state index is 12.1. The van der Waals surface area contributed by atoms with Crippen molar-refractivity contribution in [2.45, 2.75) is 51.4 Å². The van der Waals surface area contributed by atoms with Gasteiger partial charge in [0.1, 0.15) is 5.78 Å². The zero-order valence-electron chi connectivity index (χ0n) is 9.37. The van der Waals surface area contributed by atoms with Crippen molar-refractivity contribution >= 4 is 5.78 Å². The molecule has 15 heavy (non-hydrogen) atoms. The molecule has 2 fully saturated rings. The molecular weight excluding hydrogens is 184 g/mol. The van der Waals surface area contributed by atoms with Crippen molar-refractivity contribution in [1.29, 1.82) is 0 Å². The Labute approximate surface area is 91.9 Å². The summed E-state index contributed by atoms with van der Waals surface area (Å²) in [5.74, 6) is 2.38. The summed E-state index contributed by atoms with van der Waals surface area (Å²) in [5, 5.41) is 0. The lowest BCUT2D eigenvalue weighted by molar-refractivity contribution is -0.129. The molecule has 3 unspecified atom stereocenters. The molecule has 3 aliphatic carbocycles. The third-order valence-corrected chi connectivity index (χ3v) is 4.70. The van der Waals surface area contributed by atoms with Crippen LogP contribution in [0.15, 0.2) is 11.6 Å². The summed E-state index contributed by atoms with van der Waals surface area (Å²) >= 11 is 0. The summed E-state index contributed by atoms with van der Waals surface area (Å²) < 4.78 is 0. The molecule has 0 N–H and O–H groups in total. The number of fused-ring (bicyclic) bond motifs is 3. The fourth-order valence-corrected chi connectivity index (χ4v) is 4.00. The van der Waals surface area contributed by atoms with E-state index in [-0.39, 0.29) is 0 Å². The Balaban J connectivity index is 1.89. The molecule has 3 aliphatic rings. The van der Waals surface area contributed by atoms with Crippen molar-refractivity contribution in [3.63, 3.8) is 0 Å². The first-order chi connectivity index (χ1) is 7.36. The lowest BCUT2D eigenvalue weighted by Gasteiger charge is -2.42. The number of hydrogen-bond donors (Lipinski definition) is 0. The van der Waals surface area contributed by atoms with Gasteiger partial charge in [-0.15, -0.1) is 0 Å². The van der Waals surface area contributed by atoms with Gasteiger partial charge < -0.3 is 0 Å². The van der Waals surface area contributed by atoms with Gasteiger partial charge >= 0.3 is 0 Å². The second-order valence-corrected chi connectivity index (χ2v) is 5.51. The van der Waals surface area contributed by atoms with E-state index >= 15 is 0 Å². The lowest BCUT2D eigenvalue weighted by atomic mass is 9.61. The SMILES string of the molecule is O=C1CCCC2CC=C3CCCCC3C12. The van der Waals surface area contributed by atoms with E-state index in [0.29, 0.717) is 23.5 Å². The Kier molecular flexibility index (Phi) is 2.42. The first-order valence-electron chi connectivity index (χ1n) is 6.58. The maximum Gasteiger partial charge on any atom is 0.136 e. The van der Waals surface area contributed by atoms with Crippen LogP contribution >= 0.6 is 0 Å². The van der Waals surface area contributed by atoms with Gasteiger partial charge in [-0.3, -0.25) is 4.79 Å². The molecule has 0 saturated heterocycles. The lowest BCUT2D eigenvalue weighted by Crippen LogP contribution is -2.38. The number of carbonyl (C=O) groups is 1. The molecule has 0 radical (unpaired) electrons. The summed E-state index contributed by atoms with van der Waals surface area (Å²) in [6.07, 6.45) is 12.3. The number of allylic oxidation sites excluding steroid dienone is 2. The molecular formula is C14H20O. The van der Waals surface area contributed by atoms with Crippen LogP contribution < -0.4 is 0 Å². The van der Waals surface area contributed by atoms with Crippen LogP contribution in [0, 0.1) is 17.8 Å². The zero-order valence-corrected chi connectivity index (χ0v) is 9.37. The molecule has 0 aliphatic heterocycles. The van der Waals surface area contributed by atoms with Gasteiger partial charge in [0.05, 0.1) is 0 Å². The van der Waals surface area contributed by atoms with E-state index in [1.54, 1.807) is 5.57 Å². The quantitative estimate of drug-likeness (QED) is 0.552. The predicted octanol–water partition coefficient (Wildman–Crippen LogP) is 3.49. The van der Waals surface area contributed by atoms with E-state index in [9.17, 15) is 4.79 Å². The summed E-state index contributed by atoms with van der Waals surface area (Å²) in [5.41, 5.74) is 1.64. The number of rotatable bonds is 0. The molecule has 1 nitrogen and oxygen atoms in total. The van der Waals surface area contributed by atoms with Crippen LogP contribution in [0.2, 0.25) is 0 Å². The predicted molar refractivity (Wildman–Crippen MR) is 60.5 cm³/mol. The molecule has 0 heterocycles. The molecule has 0 aromatic carbocycles. The Morgan fingerprint density at radius 3 is 2.93 bits per heavy atom. The Hall–Kier alpha value is -0.590. The minimum absolute atomic E-state index is 0.430. The van der Waals surface area contributed by atoms with Crippen LogP contribution in [0.4, 0.5) is 0 Å². The number of ketones is 1. The van der Waals surface area contributed by atoms with Crippen LogP contribution in [-0.4, -0.2) is 5.78 Å². The summed E-state index contributed by atoms with van der Waals surface area (Å²) in [7, 11) is 0. The van der Waals surface area contributed by atoms with Crippen molar-refractivity contribution in [3.05, 3.63) is 11.6 Å². The van der Waals surface area contributed by atoms with Crippen LogP contribution in [0.25, 0.3) is 0 Å². The molecule has 3 rings (SSSR count). The first kappa shape index (κ1) is 9.62. The largest absolute Gasteiger partial charge is 0.299 e. The van der Waals surface area contributed by atoms with Crippen LogP contribution in [-0.2, 0) is 4.79 Å². The van der Waals surface area contributed by atoms with Crippen LogP contribution in [0.3, 0.4) is 0 Å². The molecule has 0 bridgehead atoms. The minimum Gasteiger partial charge on any atom is -0.299 e. The molecule has 2 saturated carbocycles. The monoisotopic (exact) mass is 204 g/mol. The Morgan fingerprint density at radius 2 is 2.00 bits per heavy atom. The second-order valence-electron chi connectivity index (χ2n) is 5.51. The van der Waals surface area contributed by atoms with Crippen molar-refractivity contribution in [3.8, 4) is 0 Å². The highest BCUT2D eigenvalue weighted by molar-refractivity contribution is 5.83. The number of hydrogen-bond acceptors (Lipinski definition) is 1. The minimum atomic E-state index is 0.430. The van der Waals surface area contributed by atoms with Gasteiger partial charge in [0.15, 0.2) is 0 Å². The number of Topliss-reactive ketones (excluding diaryl/α,β-unsaturated/α-hetero) is 1. The molecule has 0 aromatic heterocycles. The summed E-state index contributed by atoms with van der Waals surface area (Å²) in [6.45, 7) is 0. The average Bonchev–Trinajstić information content (AvgIpc) is 2.29. The summed E-state index contributed by atoms with van der Waals surface area (Å²) in [6, 6.07) is 0. The van der Waals surface area contributed by atoms with Crippen molar-refractivity contribution in [2.24, 2.45) is 17.8 Å².